The molecule has 0 bridgehead atoms. The largest absolute Gasteiger partial charge is 0.297 e. The number of carbonyl (C=O) groups excluding carboxylic acids is 1. The van der Waals surface area contributed by atoms with Crippen LogP contribution in [0.1, 0.15) is 5.56 Å². The highest BCUT2D eigenvalue weighted by molar-refractivity contribution is 7.13. The van der Waals surface area contributed by atoms with Gasteiger partial charge in [0.05, 0.1) is 0 Å². The predicted octanol–water partition coefficient (Wildman–Crippen LogP) is 4.36. The van der Waals surface area contributed by atoms with Crippen LogP contribution < -0.4 is 5.32 Å². The SMILES string of the molecule is N#CC(=Cc1ccc(-c2ccccc2)cc1)C(=O)Nc1nccs1. The lowest BCUT2D eigenvalue weighted by Gasteiger charge is -2.03. The molecule has 4 nitrogen and oxygen atoms in total. The van der Waals surface area contributed by atoms with Gasteiger partial charge in [0.25, 0.3) is 5.91 Å². The average molecular weight is 331 g/mol. The summed E-state index contributed by atoms with van der Waals surface area (Å²) in [6.45, 7) is 0. The van der Waals surface area contributed by atoms with Crippen molar-refractivity contribution in [3.63, 3.8) is 0 Å². The topological polar surface area (TPSA) is 65.8 Å². The Hall–Kier alpha value is -3.23. The second kappa shape index (κ2) is 7.36. The zero-order valence-corrected chi connectivity index (χ0v) is 13.5. The summed E-state index contributed by atoms with van der Waals surface area (Å²) in [5.74, 6) is -0.459. The van der Waals surface area contributed by atoms with E-state index < -0.39 is 5.91 Å². The van der Waals surface area contributed by atoms with Gasteiger partial charge in [-0.3, -0.25) is 10.1 Å². The second-order valence-electron chi connectivity index (χ2n) is 4.95. The second-order valence-corrected chi connectivity index (χ2v) is 5.84. The average Bonchev–Trinajstić information content (AvgIpc) is 3.14. The molecular weight excluding hydrogens is 318 g/mol. The van der Waals surface area contributed by atoms with Crippen molar-refractivity contribution in [1.29, 1.82) is 5.26 Å². The van der Waals surface area contributed by atoms with Crippen molar-refractivity contribution in [3.05, 3.63) is 77.3 Å². The maximum Gasteiger partial charge on any atom is 0.268 e. The van der Waals surface area contributed by atoms with Crippen molar-refractivity contribution in [3.8, 4) is 17.2 Å². The standard InChI is InChI=1S/C19H13N3OS/c20-13-17(18(23)22-19-21-10-11-24-19)12-14-6-8-16(9-7-14)15-4-2-1-3-5-15/h1-12H,(H,21,22,23). The van der Waals surface area contributed by atoms with Gasteiger partial charge in [-0.1, -0.05) is 54.6 Å². The van der Waals surface area contributed by atoms with Crippen molar-refractivity contribution in [1.82, 2.24) is 4.98 Å². The molecule has 3 aromatic rings. The van der Waals surface area contributed by atoms with Crippen molar-refractivity contribution in [2.75, 3.05) is 5.32 Å². The molecule has 0 saturated carbocycles. The Bertz CT molecular complexity index is 892. The Morgan fingerprint density at radius 1 is 1.08 bits per heavy atom. The van der Waals surface area contributed by atoms with E-state index in [0.717, 1.165) is 16.7 Å². The Morgan fingerprint density at radius 3 is 2.42 bits per heavy atom. The van der Waals surface area contributed by atoms with E-state index in [0.29, 0.717) is 5.13 Å². The van der Waals surface area contributed by atoms with Crippen molar-refractivity contribution in [2.45, 2.75) is 0 Å². The van der Waals surface area contributed by atoms with Gasteiger partial charge in [0, 0.05) is 11.6 Å². The summed E-state index contributed by atoms with van der Waals surface area (Å²) in [6.07, 6.45) is 3.16. The molecule has 0 radical (unpaired) electrons. The van der Waals surface area contributed by atoms with Gasteiger partial charge in [-0.05, 0) is 22.8 Å². The van der Waals surface area contributed by atoms with E-state index in [1.165, 1.54) is 11.3 Å². The minimum Gasteiger partial charge on any atom is -0.297 e. The van der Waals surface area contributed by atoms with Gasteiger partial charge in [0.15, 0.2) is 5.13 Å². The highest BCUT2D eigenvalue weighted by Crippen LogP contribution is 2.20. The van der Waals surface area contributed by atoms with Crippen LogP contribution >= 0.6 is 11.3 Å². The summed E-state index contributed by atoms with van der Waals surface area (Å²) in [6, 6.07) is 19.7. The Labute approximate surface area is 143 Å². The van der Waals surface area contributed by atoms with Crippen LogP contribution in [0.4, 0.5) is 5.13 Å². The Balaban J connectivity index is 1.79. The molecule has 0 aliphatic rings. The van der Waals surface area contributed by atoms with E-state index in [2.05, 4.69) is 10.3 Å². The molecule has 0 fully saturated rings. The third-order valence-corrected chi connectivity index (χ3v) is 4.04. The lowest BCUT2D eigenvalue weighted by Crippen LogP contribution is -2.13. The quantitative estimate of drug-likeness (QED) is 0.571. The monoisotopic (exact) mass is 331 g/mol. The van der Waals surface area contributed by atoms with Gasteiger partial charge in [-0.25, -0.2) is 4.98 Å². The molecule has 3 rings (SSSR count). The Kier molecular flexibility index (Phi) is 4.80. The molecular formula is C19H13N3OS. The minimum absolute atomic E-state index is 0.0395. The van der Waals surface area contributed by atoms with E-state index in [9.17, 15) is 10.1 Å². The fraction of sp³-hybridized carbons (Fsp3) is 0. The maximum atomic E-state index is 12.1. The zero-order chi connectivity index (χ0) is 16.8. The first-order chi connectivity index (χ1) is 11.8. The zero-order valence-electron chi connectivity index (χ0n) is 12.6. The van der Waals surface area contributed by atoms with E-state index in [1.807, 2.05) is 60.7 Å². The Morgan fingerprint density at radius 2 is 1.79 bits per heavy atom. The van der Waals surface area contributed by atoms with Crippen LogP contribution in [0.25, 0.3) is 17.2 Å². The molecule has 0 unspecified atom stereocenters. The van der Waals surface area contributed by atoms with Crippen LogP contribution in [-0.2, 0) is 4.79 Å². The number of benzene rings is 2. The van der Waals surface area contributed by atoms with E-state index >= 15 is 0 Å². The predicted molar refractivity (Wildman–Crippen MR) is 96.2 cm³/mol. The van der Waals surface area contributed by atoms with Gasteiger partial charge in [-0.2, -0.15) is 5.26 Å². The maximum absolute atomic E-state index is 12.1. The number of carbonyl (C=O) groups is 1. The normalized spacial score (nSPS) is 10.9. The highest BCUT2D eigenvalue weighted by atomic mass is 32.1. The highest BCUT2D eigenvalue weighted by Gasteiger charge is 2.10. The molecule has 0 atom stereocenters. The summed E-state index contributed by atoms with van der Waals surface area (Å²) in [4.78, 5) is 16.1. The molecule has 2 aromatic carbocycles. The lowest BCUT2D eigenvalue weighted by atomic mass is 10.0. The molecule has 1 N–H and O–H groups in total. The number of anilines is 1. The third kappa shape index (κ3) is 3.75. The number of aromatic nitrogens is 1. The number of nitriles is 1. The third-order valence-electron chi connectivity index (χ3n) is 3.35. The van der Waals surface area contributed by atoms with Crippen LogP contribution in [-0.4, -0.2) is 10.9 Å². The molecule has 1 heterocycles. The smallest absolute Gasteiger partial charge is 0.268 e. The molecule has 1 aromatic heterocycles. The molecule has 0 saturated heterocycles. The van der Waals surface area contributed by atoms with Crippen LogP contribution in [0.3, 0.4) is 0 Å². The van der Waals surface area contributed by atoms with E-state index in [-0.39, 0.29) is 5.57 Å². The molecule has 5 heteroatoms. The van der Waals surface area contributed by atoms with Crippen LogP contribution in [0.2, 0.25) is 0 Å². The molecule has 1 amide bonds. The minimum atomic E-state index is -0.459. The molecule has 0 spiro atoms. The molecule has 24 heavy (non-hydrogen) atoms. The summed E-state index contributed by atoms with van der Waals surface area (Å²) in [5.41, 5.74) is 3.03. The number of nitrogens with zero attached hydrogens (tertiary/aromatic N) is 2. The van der Waals surface area contributed by atoms with Crippen molar-refractivity contribution < 1.29 is 4.79 Å². The van der Waals surface area contributed by atoms with Crippen LogP contribution in [0.5, 0.6) is 0 Å². The summed E-state index contributed by atoms with van der Waals surface area (Å²) >= 11 is 1.31. The van der Waals surface area contributed by atoms with Crippen molar-refractivity contribution >= 4 is 28.5 Å². The van der Waals surface area contributed by atoms with Crippen LogP contribution in [0.15, 0.2) is 71.7 Å². The fourth-order valence-corrected chi connectivity index (χ4v) is 2.69. The van der Waals surface area contributed by atoms with Gasteiger partial charge < -0.3 is 0 Å². The first kappa shape index (κ1) is 15.7. The first-order valence-electron chi connectivity index (χ1n) is 7.24. The van der Waals surface area contributed by atoms with Crippen LogP contribution in [0, 0.1) is 11.3 Å². The van der Waals surface area contributed by atoms with E-state index in [1.54, 1.807) is 17.7 Å². The molecule has 0 aliphatic carbocycles. The van der Waals surface area contributed by atoms with Crippen molar-refractivity contribution in [2.24, 2.45) is 0 Å². The number of amides is 1. The van der Waals surface area contributed by atoms with E-state index in [4.69, 9.17) is 0 Å². The first-order valence-corrected chi connectivity index (χ1v) is 8.12. The summed E-state index contributed by atoms with van der Waals surface area (Å²) < 4.78 is 0. The van der Waals surface area contributed by atoms with Gasteiger partial charge in [-0.15, -0.1) is 11.3 Å². The number of thiazole rings is 1. The summed E-state index contributed by atoms with van der Waals surface area (Å²) in [7, 11) is 0. The molecule has 0 aliphatic heterocycles. The fourth-order valence-electron chi connectivity index (χ4n) is 2.17. The van der Waals surface area contributed by atoms with Gasteiger partial charge in [0.2, 0.25) is 0 Å². The molecule has 116 valence electrons. The van der Waals surface area contributed by atoms with Gasteiger partial charge >= 0.3 is 0 Å². The number of rotatable bonds is 4. The number of hydrogen-bond donors (Lipinski definition) is 1. The number of hydrogen-bond acceptors (Lipinski definition) is 4. The lowest BCUT2D eigenvalue weighted by molar-refractivity contribution is -0.112. The van der Waals surface area contributed by atoms with Gasteiger partial charge in [0.1, 0.15) is 11.6 Å². The summed E-state index contributed by atoms with van der Waals surface area (Å²) in [5, 5.41) is 14.1. The number of nitrogens with one attached hydrogen (secondary N) is 1.